The molecule has 10 heteroatoms. The number of aliphatic carboxylic acids is 2. The molecule has 2 aromatic carbocycles. The van der Waals surface area contributed by atoms with Crippen LogP contribution in [-0.4, -0.2) is 46.1 Å². The van der Waals surface area contributed by atoms with Crippen LogP contribution in [0.25, 0.3) is 0 Å². The van der Waals surface area contributed by atoms with Gasteiger partial charge in [-0.25, -0.2) is 9.59 Å². The molecule has 0 atom stereocenters. The molecule has 0 aliphatic rings. The summed E-state index contributed by atoms with van der Waals surface area (Å²) in [5.74, 6) is -3.95. The minimum absolute atomic E-state index is 0.110. The maximum atomic E-state index is 11.8. The Kier molecular flexibility index (Phi) is 9.34. The Bertz CT molecular complexity index is 813. The van der Waals surface area contributed by atoms with E-state index >= 15 is 0 Å². The number of carboxylic acid groups (broad SMARTS) is 2. The number of para-hydroxylation sites is 2. The van der Waals surface area contributed by atoms with Gasteiger partial charge in [0.05, 0.1) is 11.5 Å². The van der Waals surface area contributed by atoms with Gasteiger partial charge < -0.3 is 20.8 Å². The first-order valence-corrected chi connectivity index (χ1v) is 8.05. The molecule has 148 valence electrons. The summed E-state index contributed by atoms with van der Waals surface area (Å²) in [6.07, 6.45) is 0.819. The lowest BCUT2D eigenvalue weighted by atomic mass is 10.1. The van der Waals surface area contributed by atoms with Gasteiger partial charge in [-0.15, -0.1) is 0 Å². The maximum absolute atomic E-state index is 11.8. The number of carboxylic acids is 2. The average Bonchev–Trinajstić information content (AvgIpc) is 2.67. The van der Waals surface area contributed by atoms with Gasteiger partial charge in [0.2, 0.25) is 5.91 Å². The quantitative estimate of drug-likeness (QED) is 0.240. The van der Waals surface area contributed by atoms with E-state index in [2.05, 4.69) is 10.6 Å². The number of benzene rings is 2. The van der Waals surface area contributed by atoms with Gasteiger partial charge in [-0.2, -0.15) is 0 Å². The molecule has 0 saturated heterocycles. The minimum atomic E-state index is -1.82. The van der Waals surface area contributed by atoms with Gasteiger partial charge in [0.25, 0.3) is 5.69 Å². The molecule has 28 heavy (non-hydrogen) atoms. The number of anilines is 1. The number of nitrogens with one attached hydrogen (secondary N) is 2. The molecule has 0 aromatic heterocycles. The van der Waals surface area contributed by atoms with Crippen molar-refractivity contribution in [3.05, 3.63) is 70.3 Å². The summed E-state index contributed by atoms with van der Waals surface area (Å²) >= 11 is 0. The first kappa shape index (κ1) is 22.3. The molecule has 0 bridgehead atoms. The van der Waals surface area contributed by atoms with Crippen LogP contribution in [0.4, 0.5) is 11.4 Å². The lowest BCUT2D eigenvalue weighted by Crippen LogP contribution is -2.29. The lowest BCUT2D eigenvalue weighted by Gasteiger charge is -2.07. The number of nitro benzene ring substituents is 1. The fourth-order valence-electron chi connectivity index (χ4n) is 2.01. The number of amides is 1. The molecule has 0 aliphatic heterocycles. The number of nitro groups is 1. The number of carbonyl (C=O) groups excluding carboxylic acids is 1. The van der Waals surface area contributed by atoms with E-state index in [-0.39, 0.29) is 23.8 Å². The summed E-state index contributed by atoms with van der Waals surface area (Å²) in [7, 11) is 0. The summed E-state index contributed by atoms with van der Waals surface area (Å²) in [4.78, 5) is 40.3. The highest BCUT2D eigenvalue weighted by Gasteiger charge is 2.14. The Balaban J connectivity index is 0.000000568. The van der Waals surface area contributed by atoms with Crippen LogP contribution in [-0.2, 0) is 20.8 Å². The molecule has 0 spiro atoms. The standard InChI is InChI=1S/C16H17N3O3.C2H2O4/c20-16(12-17-11-10-13-6-2-1-3-7-13)18-14-8-4-5-9-15(14)19(21)22;3-1(4)2(5)6/h1-9,17H,10-12H2,(H,18,20);(H,3,4)(H,5,6). The fourth-order valence-corrected chi connectivity index (χ4v) is 2.01. The van der Waals surface area contributed by atoms with E-state index in [0.29, 0.717) is 6.54 Å². The second kappa shape index (κ2) is 11.8. The predicted molar refractivity (Wildman–Crippen MR) is 100 cm³/mol. The van der Waals surface area contributed by atoms with Crippen LogP contribution >= 0.6 is 0 Å². The van der Waals surface area contributed by atoms with E-state index in [1.165, 1.54) is 17.7 Å². The van der Waals surface area contributed by atoms with Crippen LogP contribution in [0.3, 0.4) is 0 Å². The van der Waals surface area contributed by atoms with Crippen molar-refractivity contribution in [2.75, 3.05) is 18.4 Å². The first-order valence-electron chi connectivity index (χ1n) is 8.05. The molecule has 4 N–H and O–H groups in total. The lowest BCUT2D eigenvalue weighted by molar-refractivity contribution is -0.383. The van der Waals surface area contributed by atoms with E-state index in [0.717, 1.165) is 6.42 Å². The van der Waals surface area contributed by atoms with E-state index in [1.807, 2.05) is 30.3 Å². The third kappa shape index (κ3) is 8.54. The van der Waals surface area contributed by atoms with E-state index in [9.17, 15) is 14.9 Å². The Morgan fingerprint density at radius 3 is 2.07 bits per heavy atom. The molecule has 0 fully saturated rings. The highest BCUT2D eigenvalue weighted by Crippen LogP contribution is 2.22. The topological polar surface area (TPSA) is 159 Å². The van der Waals surface area contributed by atoms with Gasteiger partial charge >= 0.3 is 11.9 Å². The second-order valence-electron chi connectivity index (χ2n) is 5.35. The number of hydrogen-bond donors (Lipinski definition) is 4. The van der Waals surface area contributed by atoms with Gasteiger partial charge in [-0.3, -0.25) is 14.9 Å². The van der Waals surface area contributed by atoms with E-state index in [1.54, 1.807) is 12.1 Å². The second-order valence-corrected chi connectivity index (χ2v) is 5.35. The van der Waals surface area contributed by atoms with Crippen LogP contribution in [0.1, 0.15) is 5.56 Å². The van der Waals surface area contributed by atoms with Crippen LogP contribution < -0.4 is 10.6 Å². The number of nitrogens with zero attached hydrogens (tertiary/aromatic N) is 1. The monoisotopic (exact) mass is 389 g/mol. The zero-order valence-corrected chi connectivity index (χ0v) is 14.7. The minimum Gasteiger partial charge on any atom is -0.473 e. The molecule has 0 radical (unpaired) electrons. The Labute approximate surface area is 160 Å². The molecule has 10 nitrogen and oxygen atoms in total. The summed E-state index contributed by atoms with van der Waals surface area (Å²) < 4.78 is 0. The van der Waals surface area contributed by atoms with Crippen LogP contribution in [0.15, 0.2) is 54.6 Å². The Morgan fingerprint density at radius 2 is 1.50 bits per heavy atom. The summed E-state index contributed by atoms with van der Waals surface area (Å²) in [6.45, 7) is 0.771. The van der Waals surface area contributed by atoms with Crippen molar-refractivity contribution in [1.82, 2.24) is 5.32 Å². The molecule has 0 heterocycles. The molecular weight excluding hydrogens is 370 g/mol. The molecular formula is C18H19N3O7. The normalized spacial score (nSPS) is 9.57. The number of rotatable bonds is 7. The molecule has 0 aliphatic carbocycles. The predicted octanol–water partition coefficient (Wildman–Crippen LogP) is 1.52. The molecule has 0 unspecified atom stereocenters. The highest BCUT2D eigenvalue weighted by atomic mass is 16.6. The number of hydrogen-bond acceptors (Lipinski definition) is 6. The van der Waals surface area contributed by atoms with Gasteiger partial charge in [0.15, 0.2) is 0 Å². The Hall–Kier alpha value is -3.79. The zero-order chi connectivity index (χ0) is 20.9. The van der Waals surface area contributed by atoms with Gasteiger partial charge in [0, 0.05) is 6.07 Å². The zero-order valence-electron chi connectivity index (χ0n) is 14.7. The first-order chi connectivity index (χ1) is 13.3. The van der Waals surface area contributed by atoms with Crippen LogP contribution in [0.2, 0.25) is 0 Å². The smallest absolute Gasteiger partial charge is 0.414 e. The van der Waals surface area contributed by atoms with Crippen molar-refractivity contribution in [3.8, 4) is 0 Å². The molecule has 2 rings (SSSR count). The molecule has 1 amide bonds. The van der Waals surface area contributed by atoms with Gasteiger partial charge in [-0.1, -0.05) is 42.5 Å². The van der Waals surface area contributed by atoms with Crippen molar-refractivity contribution in [2.24, 2.45) is 0 Å². The molecule has 2 aromatic rings. The van der Waals surface area contributed by atoms with Gasteiger partial charge in [0.1, 0.15) is 5.69 Å². The maximum Gasteiger partial charge on any atom is 0.414 e. The van der Waals surface area contributed by atoms with Crippen LogP contribution in [0.5, 0.6) is 0 Å². The third-order valence-electron chi connectivity index (χ3n) is 3.28. The van der Waals surface area contributed by atoms with Crippen molar-refractivity contribution in [3.63, 3.8) is 0 Å². The van der Waals surface area contributed by atoms with Crippen molar-refractivity contribution < 1.29 is 29.5 Å². The van der Waals surface area contributed by atoms with Crippen molar-refractivity contribution in [1.29, 1.82) is 0 Å². The molecule has 0 saturated carbocycles. The third-order valence-corrected chi connectivity index (χ3v) is 3.28. The average molecular weight is 389 g/mol. The van der Waals surface area contributed by atoms with E-state index < -0.39 is 16.9 Å². The summed E-state index contributed by atoms with van der Waals surface area (Å²) in [5, 5.41) is 31.2. The summed E-state index contributed by atoms with van der Waals surface area (Å²) in [6, 6.07) is 16.0. The number of carbonyl (C=O) groups is 3. The highest BCUT2D eigenvalue weighted by molar-refractivity contribution is 6.27. The van der Waals surface area contributed by atoms with Crippen molar-refractivity contribution in [2.45, 2.75) is 6.42 Å². The summed E-state index contributed by atoms with van der Waals surface area (Å²) in [5.41, 5.74) is 1.29. The SMILES string of the molecule is O=C(CNCCc1ccccc1)Nc1ccccc1[N+](=O)[O-].O=C(O)C(=O)O. The van der Waals surface area contributed by atoms with E-state index in [4.69, 9.17) is 19.8 Å². The van der Waals surface area contributed by atoms with Crippen LogP contribution in [0, 0.1) is 10.1 Å². The fraction of sp³-hybridized carbons (Fsp3) is 0.167. The van der Waals surface area contributed by atoms with Gasteiger partial charge in [-0.05, 0) is 24.6 Å². The van der Waals surface area contributed by atoms with Crippen molar-refractivity contribution >= 4 is 29.2 Å². The largest absolute Gasteiger partial charge is 0.473 e. The Morgan fingerprint density at radius 1 is 0.929 bits per heavy atom.